The maximum absolute atomic E-state index is 11.8. The average Bonchev–Trinajstić information content (AvgIpc) is 2.86. The lowest BCUT2D eigenvalue weighted by atomic mass is 10.3. The molecule has 0 atom stereocenters. The first-order chi connectivity index (χ1) is 8.08. The van der Waals surface area contributed by atoms with Crippen molar-refractivity contribution in [2.45, 2.75) is 0 Å². The highest BCUT2D eigenvalue weighted by atomic mass is 32.1. The molecule has 2 aromatic rings. The van der Waals surface area contributed by atoms with Gasteiger partial charge in [0.05, 0.1) is 23.5 Å². The summed E-state index contributed by atoms with van der Waals surface area (Å²) in [5, 5.41) is 12.9. The van der Waals surface area contributed by atoms with E-state index in [4.69, 9.17) is 18.0 Å². The van der Waals surface area contributed by atoms with Crippen molar-refractivity contribution in [3.05, 3.63) is 29.7 Å². The number of nitrogens with one attached hydrogen (secondary N) is 2. The second kappa shape index (κ2) is 4.34. The molecule has 2 aromatic heterocycles. The molecule has 8 heteroatoms. The molecule has 0 aliphatic heterocycles. The summed E-state index contributed by atoms with van der Waals surface area (Å²) >= 11 is 4.83. The second-order valence-corrected chi connectivity index (χ2v) is 3.82. The number of aromatic nitrogens is 4. The zero-order valence-corrected chi connectivity index (χ0v) is 9.78. The fourth-order valence-electron chi connectivity index (χ4n) is 1.29. The maximum Gasteiger partial charge on any atom is 0.260 e. The van der Waals surface area contributed by atoms with Gasteiger partial charge >= 0.3 is 0 Å². The van der Waals surface area contributed by atoms with E-state index in [1.165, 1.54) is 17.1 Å². The second-order valence-electron chi connectivity index (χ2n) is 3.38. The van der Waals surface area contributed by atoms with Crippen LogP contribution in [-0.4, -0.2) is 30.9 Å². The number of anilines is 1. The van der Waals surface area contributed by atoms with Crippen LogP contribution in [0.1, 0.15) is 15.9 Å². The fourth-order valence-corrected chi connectivity index (χ4v) is 1.45. The van der Waals surface area contributed by atoms with E-state index in [0.717, 1.165) is 0 Å². The molecule has 17 heavy (non-hydrogen) atoms. The van der Waals surface area contributed by atoms with E-state index < -0.39 is 0 Å². The van der Waals surface area contributed by atoms with Crippen LogP contribution in [0.15, 0.2) is 18.6 Å². The van der Waals surface area contributed by atoms with Crippen LogP contribution in [0, 0.1) is 0 Å². The lowest BCUT2D eigenvalue weighted by Gasteiger charge is -2.02. The van der Waals surface area contributed by atoms with Crippen LogP contribution < -0.4 is 11.1 Å². The molecule has 0 radical (unpaired) electrons. The first kappa shape index (κ1) is 11.3. The third-order valence-electron chi connectivity index (χ3n) is 2.11. The molecule has 2 heterocycles. The van der Waals surface area contributed by atoms with Crippen molar-refractivity contribution in [1.29, 1.82) is 0 Å². The van der Waals surface area contributed by atoms with E-state index in [1.807, 2.05) is 0 Å². The summed E-state index contributed by atoms with van der Waals surface area (Å²) in [7, 11) is 1.73. The van der Waals surface area contributed by atoms with Crippen molar-refractivity contribution in [3.63, 3.8) is 0 Å². The number of hydrogen-bond acceptors (Lipinski definition) is 4. The number of carbonyl (C=O) groups excluding carboxylic acids is 1. The Morgan fingerprint density at radius 2 is 2.35 bits per heavy atom. The monoisotopic (exact) mass is 250 g/mol. The Hall–Kier alpha value is -2.22. The van der Waals surface area contributed by atoms with Gasteiger partial charge in [-0.15, -0.1) is 0 Å². The first-order valence-electron chi connectivity index (χ1n) is 4.71. The molecule has 0 saturated heterocycles. The summed E-state index contributed by atoms with van der Waals surface area (Å²) in [6.07, 6.45) is 4.53. The number of rotatable bonds is 3. The molecule has 1 amide bonds. The Morgan fingerprint density at radius 3 is 2.94 bits per heavy atom. The van der Waals surface area contributed by atoms with E-state index in [9.17, 15) is 4.79 Å². The Labute approximate surface area is 102 Å². The van der Waals surface area contributed by atoms with Crippen LogP contribution in [0.3, 0.4) is 0 Å². The van der Waals surface area contributed by atoms with E-state index in [2.05, 4.69) is 20.6 Å². The first-order valence-corrected chi connectivity index (χ1v) is 5.12. The molecule has 0 fully saturated rings. The van der Waals surface area contributed by atoms with Gasteiger partial charge in [0, 0.05) is 13.2 Å². The molecule has 0 aliphatic carbocycles. The molecule has 2 rings (SSSR count). The third kappa shape index (κ3) is 2.31. The highest BCUT2D eigenvalue weighted by molar-refractivity contribution is 7.80. The molecule has 7 nitrogen and oxygen atoms in total. The van der Waals surface area contributed by atoms with Crippen molar-refractivity contribution < 1.29 is 4.79 Å². The summed E-state index contributed by atoms with van der Waals surface area (Å²) in [5.41, 5.74) is 6.42. The number of thiocarbonyl (C=S) groups is 1. The summed E-state index contributed by atoms with van der Waals surface area (Å²) in [6, 6.07) is 0. The average molecular weight is 250 g/mol. The van der Waals surface area contributed by atoms with Crippen molar-refractivity contribution >= 4 is 28.9 Å². The van der Waals surface area contributed by atoms with E-state index in [0.29, 0.717) is 16.9 Å². The quantitative estimate of drug-likeness (QED) is 0.667. The standard InChI is InChI=1S/C9H10N6OS/c1-15-4-5(2-12-15)9(16)13-8-6(7(10)17)3-11-14-8/h2-4H,1H3,(H2,10,17)(H2,11,13,14,16). The minimum absolute atomic E-state index is 0.167. The topological polar surface area (TPSA) is 102 Å². The number of aryl methyl sites for hydroxylation is 1. The summed E-state index contributed by atoms with van der Waals surface area (Å²) in [5.74, 6) is 0.0752. The van der Waals surface area contributed by atoms with Crippen LogP contribution in [0.5, 0.6) is 0 Å². The minimum atomic E-state index is -0.306. The minimum Gasteiger partial charge on any atom is -0.389 e. The van der Waals surface area contributed by atoms with Gasteiger partial charge in [0.15, 0.2) is 0 Å². The Bertz CT molecular complexity index is 572. The number of amides is 1. The van der Waals surface area contributed by atoms with Crippen molar-refractivity contribution in [2.24, 2.45) is 12.8 Å². The van der Waals surface area contributed by atoms with E-state index in [-0.39, 0.29) is 10.9 Å². The van der Waals surface area contributed by atoms with Gasteiger partial charge in [-0.1, -0.05) is 12.2 Å². The molecule has 0 unspecified atom stereocenters. The molecular formula is C9H10N6OS. The van der Waals surface area contributed by atoms with Gasteiger partial charge in [-0.25, -0.2) is 0 Å². The van der Waals surface area contributed by atoms with Gasteiger partial charge in [-0.2, -0.15) is 10.2 Å². The van der Waals surface area contributed by atoms with Gasteiger partial charge in [0.25, 0.3) is 5.91 Å². The largest absolute Gasteiger partial charge is 0.389 e. The van der Waals surface area contributed by atoms with E-state index >= 15 is 0 Å². The van der Waals surface area contributed by atoms with Gasteiger partial charge in [-0.3, -0.25) is 14.6 Å². The SMILES string of the molecule is Cn1cc(C(=O)Nc2[nH]ncc2C(N)=S)cn1. The Balaban J connectivity index is 2.18. The number of nitrogens with zero attached hydrogens (tertiary/aromatic N) is 3. The summed E-state index contributed by atoms with van der Waals surface area (Å²) in [4.78, 5) is 12.0. The number of hydrogen-bond donors (Lipinski definition) is 3. The van der Waals surface area contributed by atoms with Crippen LogP contribution in [0.25, 0.3) is 0 Å². The van der Waals surface area contributed by atoms with Crippen LogP contribution in [-0.2, 0) is 7.05 Å². The lowest BCUT2D eigenvalue weighted by Crippen LogP contribution is -2.16. The maximum atomic E-state index is 11.8. The molecule has 0 aromatic carbocycles. The predicted molar refractivity (Wildman–Crippen MR) is 65.6 cm³/mol. The van der Waals surface area contributed by atoms with Crippen molar-refractivity contribution in [2.75, 3.05) is 5.32 Å². The van der Waals surface area contributed by atoms with Gasteiger partial charge in [0.1, 0.15) is 10.8 Å². The normalized spacial score (nSPS) is 10.2. The fraction of sp³-hybridized carbons (Fsp3) is 0.111. The smallest absolute Gasteiger partial charge is 0.260 e. The number of nitrogens with two attached hydrogens (primary N) is 1. The van der Waals surface area contributed by atoms with Crippen LogP contribution in [0.2, 0.25) is 0 Å². The number of aromatic amines is 1. The lowest BCUT2D eigenvalue weighted by molar-refractivity contribution is 0.102. The number of carbonyl (C=O) groups is 1. The zero-order valence-electron chi connectivity index (χ0n) is 8.97. The third-order valence-corrected chi connectivity index (χ3v) is 2.33. The Kier molecular flexibility index (Phi) is 2.88. The summed E-state index contributed by atoms with van der Waals surface area (Å²) < 4.78 is 1.54. The molecule has 0 bridgehead atoms. The highest BCUT2D eigenvalue weighted by Gasteiger charge is 2.13. The highest BCUT2D eigenvalue weighted by Crippen LogP contribution is 2.11. The summed E-state index contributed by atoms with van der Waals surface area (Å²) in [6.45, 7) is 0. The zero-order chi connectivity index (χ0) is 12.4. The molecular weight excluding hydrogens is 240 g/mol. The van der Waals surface area contributed by atoms with Gasteiger partial charge < -0.3 is 11.1 Å². The molecule has 88 valence electrons. The predicted octanol–water partition coefficient (Wildman–Crippen LogP) is 0.0297. The number of H-pyrrole nitrogens is 1. The van der Waals surface area contributed by atoms with Gasteiger partial charge in [0.2, 0.25) is 0 Å². The molecule has 0 spiro atoms. The van der Waals surface area contributed by atoms with Crippen molar-refractivity contribution in [1.82, 2.24) is 20.0 Å². The van der Waals surface area contributed by atoms with Crippen LogP contribution >= 0.6 is 12.2 Å². The molecule has 0 aliphatic rings. The van der Waals surface area contributed by atoms with E-state index in [1.54, 1.807) is 13.2 Å². The van der Waals surface area contributed by atoms with Gasteiger partial charge in [-0.05, 0) is 0 Å². The Morgan fingerprint density at radius 1 is 1.59 bits per heavy atom. The molecule has 4 N–H and O–H groups in total. The van der Waals surface area contributed by atoms with Crippen molar-refractivity contribution in [3.8, 4) is 0 Å². The molecule has 0 saturated carbocycles. The van der Waals surface area contributed by atoms with Crippen LogP contribution in [0.4, 0.5) is 5.82 Å².